The number of benzene rings is 2. The molecule has 12 heteroatoms. The molecule has 0 saturated heterocycles. The van der Waals surface area contributed by atoms with Gasteiger partial charge in [0.15, 0.2) is 5.75 Å². The third kappa shape index (κ3) is 6.04. The molecule has 1 spiro atoms. The van der Waals surface area contributed by atoms with Gasteiger partial charge in [0.25, 0.3) is 5.91 Å². The summed E-state index contributed by atoms with van der Waals surface area (Å²) in [5.74, 6) is 1.04. The van der Waals surface area contributed by atoms with E-state index in [1.165, 1.54) is 39.2 Å². The minimum absolute atomic E-state index is 0.134. The fraction of sp³-hybridized carbons (Fsp3) is 0.515. The fourth-order valence-corrected chi connectivity index (χ4v) is 7.59. The quantitative estimate of drug-likeness (QED) is 0.299. The molecule has 3 heterocycles. The molecule has 1 unspecified atom stereocenters. The largest absolute Gasteiger partial charge is 0.492 e. The van der Waals surface area contributed by atoms with Crippen LogP contribution in [0.3, 0.4) is 0 Å². The topological polar surface area (TPSA) is 130 Å². The first-order chi connectivity index (χ1) is 21.3. The molecule has 1 aromatic heterocycles. The van der Waals surface area contributed by atoms with Gasteiger partial charge >= 0.3 is 0 Å². The Bertz CT molecular complexity index is 1770. The van der Waals surface area contributed by atoms with E-state index >= 15 is 0 Å². The zero-order valence-electron chi connectivity index (χ0n) is 27.0. The maximum absolute atomic E-state index is 13.7. The van der Waals surface area contributed by atoms with Gasteiger partial charge in [-0.1, -0.05) is 51.3 Å². The Morgan fingerprint density at radius 1 is 1.07 bits per heavy atom. The van der Waals surface area contributed by atoms with Crippen molar-refractivity contribution in [2.45, 2.75) is 89.6 Å². The summed E-state index contributed by atoms with van der Waals surface area (Å²) in [6, 6.07) is 8.92. The molecule has 1 saturated carbocycles. The minimum Gasteiger partial charge on any atom is -0.492 e. The first-order valence-corrected chi connectivity index (χ1v) is 17.5. The van der Waals surface area contributed by atoms with E-state index in [0.29, 0.717) is 17.8 Å². The van der Waals surface area contributed by atoms with Crippen LogP contribution < -0.4 is 19.8 Å². The average molecular weight is 634 g/mol. The second-order valence-corrected chi connectivity index (χ2v) is 15.5. The third-order valence-electron chi connectivity index (χ3n) is 9.37. The van der Waals surface area contributed by atoms with Gasteiger partial charge in [0.1, 0.15) is 11.9 Å². The lowest BCUT2D eigenvalue weighted by molar-refractivity contribution is 0.102. The lowest BCUT2D eigenvalue weighted by Gasteiger charge is -2.37. The highest BCUT2D eigenvalue weighted by atomic mass is 32.2. The van der Waals surface area contributed by atoms with Crippen LogP contribution in [0.5, 0.6) is 5.75 Å². The van der Waals surface area contributed by atoms with Crippen molar-refractivity contribution < 1.29 is 17.9 Å². The Labute approximate surface area is 265 Å². The number of aryl methyl sites for hydroxylation is 2. The van der Waals surface area contributed by atoms with E-state index in [1.807, 2.05) is 57.1 Å². The number of hydrogen-bond donors (Lipinski definition) is 2. The predicted octanol–water partition coefficient (Wildman–Crippen LogP) is 6.66. The maximum atomic E-state index is 13.7. The SMILES string of the molecule is COc1c(NC(=O)c2ccc(C)c(N3CC(c4cnc5n4C4(CCCCC4)CC5)N=N3)c2)cc(C(C)(C)C)cc1NS(C)(=O)=O. The van der Waals surface area contributed by atoms with E-state index in [9.17, 15) is 13.2 Å². The Morgan fingerprint density at radius 2 is 1.80 bits per heavy atom. The number of amides is 1. The number of rotatable bonds is 7. The van der Waals surface area contributed by atoms with Crippen molar-refractivity contribution in [1.82, 2.24) is 9.55 Å². The number of imidazole rings is 1. The van der Waals surface area contributed by atoms with Crippen LogP contribution in [0.2, 0.25) is 0 Å². The number of carbonyl (C=O) groups excluding carboxylic acids is 1. The summed E-state index contributed by atoms with van der Waals surface area (Å²) in [5.41, 5.74) is 4.65. The summed E-state index contributed by atoms with van der Waals surface area (Å²) >= 11 is 0. The van der Waals surface area contributed by atoms with Crippen LogP contribution in [0.25, 0.3) is 0 Å². The fourth-order valence-electron chi connectivity index (χ4n) is 7.04. The van der Waals surface area contributed by atoms with Gasteiger partial charge in [0.05, 0.1) is 48.9 Å². The van der Waals surface area contributed by atoms with Gasteiger partial charge in [-0.2, -0.15) is 5.11 Å². The minimum atomic E-state index is -3.59. The molecule has 2 aliphatic heterocycles. The molecule has 240 valence electrons. The molecule has 1 fully saturated rings. The molecule has 2 aromatic carbocycles. The molecule has 3 aliphatic rings. The van der Waals surface area contributed by atoms with E-state index in [1.54, 1.807) is 12.1 Å². The molecular formula is C33H43N7O4S. The highest BCUT2D eigenvalue weighted by molar-refractivity contribution is 7.92. The molecule has 2 N–H and O–H groups in total. The van der Waals surface area contributed by atoms with E-state index in [4.69, 9.17) is 9.72 Å². The van der Waals surface area contributed by atoms with E-state index < -0.39 is 10.0 Å². The number of nitrogens with one attached hydrogen (secondary N) is 2. The van der Waals surface area contributed by atoms with Crippen LogP contribution in [-0.4, -0.2) is 43.8 Å². The Kier molecular flexibility index (Phi) is 7.91. The number of ether oxygens (including phenoxy) is 1. The molecule has 6 rings (SSSR count). The third-order valence-corrected chi connectivity index (χ3v) is 9.96. The number of anilines is 3. The summed E-state index contributed by atoms with van der Waals surface area (Å²) in [6.45, 7) is 8.60. The van der Waals surface area contributed by atoms with Crippen LogP contribution >= 0.6 is 0 Å². The van der Waals surface area contributed by atoms with Gasteiger partial charge in [-0.25, -0.2) is 18.4 Å². The molecule has 1 atom stereocenters. The van der Waals surface area contributed by atoms with Gasteiger partial charge in [0, 0.05) is 17.5 Å². The average Bonchev–Trinajstić information content (AvgIpc) is 3.70. The van der Waals surface area contributed by atoms with Gasteiger partial charge in [0.2, 0.25) is 10.0 Å². The van der Waals surface area contributed by atoms with Crippen molar-refractivity contribution in [3.63, 3.8) is 0 Å². The summed E-state index contributed by atoms with van der Waals surface area (Å²) in [6.07, 6.45) is 11.4. The van der Waals surface area contributed by atoms with Crippen molar-refractivity contribution >= 4 is 33.0 Å². The molecule has 1 amide bonds. The summed E-state index contributed by atoms with van der Waals surface area (Å²) in [5, 5.41) is 14.1. The number of fused-ring (bicyclic) bond motifs is 2. The molecule has 1 aliphatic carbocycles. The van der Waals surface area contributed by atoms with Crippen LogP contribution in [0, 0.1) is 6.92 Å². The predicted molar refractivity (Wildman–Crippen MR) is 176 cm³/mol. The number of hydrogen-bond acceptors (Lipinski definition) is 8. The lowest BCUT2D eigenvalue weighted by atomic mass is 9.80. The Hall–Kier alpha value is -3.93. The monoisotopic (exact) mass is 633 g/mol. The summed E-state index contributed by atoms with van der Waals surface area (Å²) < 4.78 is 34.9. The first-order valence-electron chi connectivity index (χ1n) is 15.7. The van der Waals surface area contributed by atoms with Crippen LogP contribution in [0.1, 0.15) is 98.3 Å². The molecule has 0 bridgehead atoms. The van der Waals surface area contributed by atoms with Crippen LogP contribution in [0.15, 0.2) is 46.9 Å². The second-order valence-electron chi connectivity index (χ2n) is 13.7. The Morgan fingerprint density at radius 3 is 2.49 bits per heavy atom. The zero-order valence-corrected chi connectivity index (χ0v) is 27.8. The standard InChI is InChI=1S/C33H43N7O4S/c1-21-10-11-22(31(41)35-24-17-23(32(2,3)4)18-25(30(24)44-5)37-45(6,42)43)16-27(21)39-20-26(36-38-39)28-19-34-29-12-15-33(40(28)29)13-8-7-9-14-33/h10-11,16-19,26,37H,7-9,12-15,20H2,1-6H3,(H,35,41). The highest BCUT2D eigenvalue weighted by Gasteiger charge is 2.43. The van der Waals surface area contributed by atoms with Gasteiger partial charge < -0.3 is 14.6 Å². The molecule has 11 nitrogen and oxygen atoms in total. The van der Waals surface area contributed by atoms with E-state index in [-0.39, 0.29) is 34.3 Å². The zero-order chi connectivity index (χ0) is 32.1. The Balaban J connectivity index is 1.26. The number of sulfonamides is 1. The number of carbonyl (C=O) groups is 1. The van der Waals surface area contributed by atoms with E-state index in [2.05, 4.69) is 24.9 Å². The van der Waals surface area contributed by atoms with Crippen molar-refractivity contribution in [3.8, 4) is 5.75 Å². The van der Waals surface area contributed by atoms with Crippen LogP contribution in [0.4, 0.5) is 17.1 Å². The van der Waals surface area contributed by atoms with Crippen molar-refractivity contribution in [2.24, 2.45) is 10.3 Å². The van der Waals surface area contributed by atoms with Crippen molar-refractivity contribution in [2.75, 3.05) is 35.0 Å². The molecule has 0 radical (unpaired) electrons. The second kappa shape index (κ2) is 11.5. The summed E-state index contributed by atoms with van der Waals surface area (Å²) in [7, 11) is -2.15. The van der Waals surface area contributed by atoms with E-state index in [0.717, 1.165) is 47.4 Å². The van der Waals surface area contributed by atoms with Crippen molar-refractivity contribution in [3.05, 3.63) is 64.7 Å². The summed E-state index contributed by atoms with van der Waals surface area (Å²) in [4.78, 5) is 18.5. The van der Waals surface area contributed by atoms with Crippen molar-refractivity contribution in [1.29, 1.82) is 0 Å². The maximum Gasteiger partial charge on any atom is 0.255 e. The first kappa shape index (κ1) is 31.1. The number of nitrogens with zero attached hydrogens (tertiary/aromatic N) is 5. The van der Waals surface area contributed by atoms with Gasteiger partial charge in [-0.15, -0.1) is 0 Å². The molecular weight excluding hydrogens is 590 g/mol. The number of aromatic nitrogens is 2. The smallest absolute Gasteiger partial charge is 0.255 e. The van der Waals surface area contributed by atoms with Gasteiger partial charge in [-0.05, 0) is 67.0 Å². The normalized spacial score (nSPS) is 19.2. The molecule has 3 aromatic rings. The lowest BCUT2D eigenvalue weighted by Crippen LogP contribution is -2.34. The van der Waals surface area contributed by atoms with Crippen LogP contribution in [-0.2, 0) is 27.4 Å². The highest BCUT2D eigenvalue weighted by Crippen LogP contribution is 2.46. The number of methoxy groups -OCH3 is 1. The van der Waals surface area contributed by atoms with Gasteiger partial charge in [-0.3, -0.25) is 9.52 Å². The molecule has 45 heavy (non-hydrogen) atoms.